The number of para-hydroxylation sites is 2. The first-order valence-corrected chi connectivity index (χ1v) is 19.5. The maximum Gasteiger partial charge on any atom is 0.136 e. The quantitative estimate of drug-likeness (QED) is 0.170. The molecule has 0 amide bonds. The third-order valence-corrected chi connectivity index (χ3v) is 12.1. The molecule has 2 aromatic heterocycles. The molecule has 0 aliphatic heterocycles. The van der Waals surface area contributed by atoms with Gasteiger partial charge in [-0.3, -0.25) is 0 Å². The lowest BCUT2D eigenvalue weighted by Crippen LogP contribution is -2.11. The van der Waals surface area contributed by atoms with Gasteiger partial charge in [-0.25, -0.2) is 0 Å². The summed E-state index contributed by atoms with van der Waals surface area (Å²) in [6.45, 7) is 0. The topological polar surface area (TPSA) is 16.4 Å². The predicted octanol–water partition coefficient (Wildman–Crippen LogP) is 15.6. The van der Waals surface area contributed by atoms with E-state index >= 15 is 0 Å². The van der Waals surface area contributed by atoms with Crippen LogP contribution in [0.3, 0.4) is 0 Å². The van der Waals surface area contributed by atoms with E-state index in [9.17, 15) is 0 Å². The van der Waals surface area contributed by atoms with E-state index in [0.29, 0.717) is 0 Å². The Morgan fingerprint density at radius 1 is 0.382 bits per heavy atom. The number of rotatable bonds is 6. The maximum absolute atomic E-state index is 6.33. The predicted molar refractivity (Wildman–Crippen MR) is 235 cm³/mol. The van der Waals surface area contributed by atoms with Gasteiger partial charge in [0.2, 0.25) is 0 Å². The summed E-state index contributed by atoms with van der Waals surface area (Å²) in [7, 11) is 0. The lowest BCUT2D eigenvalue weighted by atomic mass is 9.95. The second kappa shape index (κ2) is 12.9. The van der Waals surface area contributed by atoms with Crippen molar-refractivity contribution >= 4 is 81.3 Å². The average molecular weight is 720 g/mol. The van der Waals surface area contributed by atoms with Crippen LogP contribution in [-0.4, -0.2) is 0 Å². The van der Waals surface area contributed by atoms with Crippen molar-refractivity contribution < 1.29 is 4.42 Å². The fraction of sp³-hybridized carbons (Fsp3) is 0. The Kier molecular flexibility index (Phi) is 7.39. The molecule has 9 aromatic carbocycles. The Labute approximate surface area is 322 Å². The number of hydrogen-bond donors (Lipinski definition) is 0. The largest absolute Gasteiger partial charge is 0.456 e. The summed E-state index contributed by atoms with van der Waals surface area (Å²) in [4.78, 5) is 2.43. The summed E-state index contributed by atoms with van der Waals surface area (Å²) >= 11 is 1.87. The number of nitrogens with zero attached hydrogens (tertiary/aromatic N) is 1. The zero-order valence-corrected chi connectivity index (χ0v) is 30.6. The van der Waals surface area contributed by atoms with Gasteiger partial charge in [-0.1, -0.05) is 152 Å². The van der Waals surface area contributed by atoms with Gasteiger partial charge in [0.05, 0.1) is 5.69 Å². The molecule has 55 heavy (non-hydrogen) atoms. The molecule has 11 rings (SSSR count). The molecule has 0 aliphatic rings. The second-order valence-electron chi connectivity index (χ2n) is 14.0. The van der Waals surface area contributed by atoms with Crippen molar-refractivity contribution in [3.05, 3.63) is 200 Å². The molecule has 0 unspecified atom stereocenters. The minimum absolute atomic E-state index is 0.894. The Morgan fingerprint density at radius 2 is 0.945 bits per heavy atom. The van der Waals surface area contributed by atoms with Crippen LogP contribution in [-0.2, 0) is 0 Å². The lowest BCUT2D eigenvalue weighted by Gasteiger charge is -2.29. The molecule has 0 radical (unpaired) electrons. The van der Waals surface area contributed by atoms with Crippen molar-refractivity contribution in [1.29, 1.82) is 0 Å². The summed E-state index contributed by atoms with van der Waals surface area (Å²) in [5.41, 5.74) is 12.2. The van der Waals surface area contributed by atoms with E-state index in [1.165, 1.54) is 53.2 Å². The van der Waals surface area contributed by atoms with Crippen LogP contribution in [0.25, 0.3) is 86.3 Å². The standard InChI is InChI=1S/C52H33NOS/c1-2-20-39-34(14-1)15-11-26-42(39)43-21-3-6-28-47(43)53(37-18-9-16-35(32-37)40-24-13-30-49-51(40)46-23-4-7-29-48(46)54-49)38-19-10-17-36(33-38)41-25-12-27-45-44-22-5-8-31-50(44)55-52(41)45/h1-33H. The summed E-state index contributed by atoms with van der Waals surface area (Å²) < 4.78 is 8.95. The molecule has 0 bridgehead atoms. The molecule has 0 spiro atoms. The number of anilines is 3. The van der Waals surface area contributed by atoms with Crippen molar-refractivity contribution in [2.45, 2.75) is 0 Å². The van der Waals surface area contributed by atoms with Gasteiger partial charge in [0.1, 0.15) is 11.2 Å². The highest BCUT2D eigenvalue weighted by molar-refractivity contribution is 7.26. The average Bonchev–Trinajstić information content (AvgIpc) is 3.83. The van der Waals surface area contributed by atoms with E-state index in [0.717, 1.165) is 50.1 Å². The highest BCUT2D eigenvalue weighted by atomic mass is 32.1. The maximum atomic E-state index is 6.33. The van der Waals surface area contributed by atoms with Crippen LogP contribution in [0, 0.1) is 0 Å². The third-order valence-electron chi connectivity index (χ3n) is 10.9. The molecule has 2 heterocycles. The van der Waals surface area contributed by atoms with Gasteiger partial charge in [-0.05, 0) is 87.1 Å². The number of fused-ring (bicyclic) bond motifs is 7. The highest BCUT2D eigenvalue weighted by Crippen LogP contribution is 2.46. The minimum Gasteiger partial charge on any atom is -0.456 e. The van der Waals surface area contributed by atoms with Gasteiger partial charge in [-0.2, -0.15) is 0 Å². The number of benzene rings is 9. The van der Waals surface area contributed by atoms with Crippen molar-refractivity contribution in [3.63, 3.8) is 0 Å². The molecule has 0 saturated heterocycles. The first kappa shape index (κ1) is 31.6. The van der Waals surface area contributed by atoms with Crippen LogP contribution >= 0.6 is 11.3 Å². The van der Waals surface area contributed by atoms with Crippen LogP contribution in [0.2, 0.25) is 0 Å². The molecule has 2 nitrogen and oxygen atoms in total. The van der Waals surface area contributed by atoms with E-state index in [-0.39, 0.29) is 0 Å². The molecular formula is C52H33NOS. The summed E-state index contributed by atoms with van der Waals surface area (Å²) in [5.74, 6) is 0. The molecule has 0 saturated carbocycles. The van der Waals surface area contributed by atoms with Gasteiger partial charge in [0.15, 0.2) is 0 Å². The molecule has 0 N–H and O–H groups in total. The Hall–Kier alpha value is -6.94. The first-order chi connectivity index (χ1) is 27.3. The number of thiophene rings is 1. The van der Waals surface area contributed by atoms with Crippen LogP contribution in [0.1, 0.15) is 0 Å². The fourth-order valence-corrected chi connectivity index (χ4v) is 9.64. The normalized spacial score (nSPS) is 11.6. The first-order valence-electron chi connectivity index (χ1n) is 18.7. The Morgan fingerprint density at radius 3 is 1.82 bits per heavy atom. The summed E-state index contributed by atoms with van der Waals surface area (Å²) in [6.07, 6.45) is 0. The Balaban J connectivity index is 1.14. The third kappa shape index (κ3) is 5.24. The van der Waals surface area contributed by atoms with Gasteiger partial charge >= 0.3 is 0 Å². The summed E-state index contributed by atoms with van der Waals surface area (Å²) in [6, 6.07) is 72.3. The molecular weight excluding hydrogens is 687 g/mol. The monoisotopic (exact) mass is 719 g/mol. The molecule has 11 aromatic rings. The number of hydrogen-bond acceptors (Lipinski definition) is 3. The van der Waals surface area contributed by atoms with Crippen LogP contribution < -0.4 is 4.90 Å². The minimum atomic E-state index is 0.894. The van der Waals surface area contributed by atoms with Gasteiger partial charge in [-0.15, -0.1) is 11.3 Å². The van der Waals surface area contributed by atoms with Crippen LogP contribution in [0.5, 0.6) is 0 Å². The molecule has 0 fully saturated rings. The summed E-state index contributed by atoms with van der Waals surface area (Å²) in [5, 5.41) is 7.33. The smallest absolute Gasteiger partial charge is 0.136 e. The van der Waals surface area contributed by atoms with Gasteiger partial charge in [0, 0.05) is 47.9 Å². The van der Waals surface area contributed by atoms with Crippen LogP contribution in [0.4, 0.5) is 17.1 Å². The zero-order valence-electron chi connectivity index (χ0n) is 29.8. The van der Waals surface area contributed by atoms with E-state index in [1.807, 2.05) is 23.5 Å². The van der Waals surface area contributed by atoms with Crippen molar-refractivity contribution in [2.75, 3.05) is 4.90 Å². The van der Waals surface area contributed by atoms with Gasteiger partial charge in [0.25, 0.3) is 0 Å². The van der Waals surface area contributed by atoms with E-state index in [4.69, 9.17) is 4.42 Å². The van der Waals surface area contributed by atoms with Gasteiger partial charge < -0.3 is 9.32 Å². The SMILES string of the molecule is c1cc(-c2cccc3c2sc2ccccc23)cc(N(c2cccc(-c3cccc4oc5ccccc5c34)c2)c2ccccc2-c2cccc3ccccc23)c1. The molecule has 0 atom stereocenters. The van der Waals surface area contributed by atoms with Crippen molar-refractivity contribution in [2.24, 2.45) is 0 Å². The fourth-order valence-electron chi connectivity index (χ4n) is 8.40. The zero-order chi connectivity index (χ0) is 36.3. The van der Waals surface area contributed by atoms with Crippen molar-refractivity contribution in [1.82, 2.24) is 0 Å². The van der Waals surface area contributed by atoms with E-state index in [2.05, 4.69) is 193 Å². The van der Waals surface area contributed by atoms with E-state index in [1.54, 1.807) is 0 Å². The highest BCUT2D eigenvalue weighted by Gasteiger charge is 2.21. The van der Waals surface area contributed by atoms with Crippen molar-refractivity contribution in [3.8, 4) is 33.4 Å². The van der Waals surface area contributed by atoms with E-state index < -0.39 is 0 Å². The molecule has 0 aliphatic carbocycles. The van der Waals surface area contributed by atoms with Crippen LogP contribution in [0.15, 0.2) is 205 Å². The number of furan rings is 1. The molecule has 3 heteroatoms. The Bertz CT molecular complexity index is 3240. The lowest BCUT2D eigenvalue weighted by molar-refractivity contribution is 0.669. The second-order valence-corrected chi connectivity index (χ2v) is 15.1. The molecule has 258 valence electrons.